The largest absolute Gasteiger partial charge is 0.355 e. The van der Waals surface area contributed by atoms with Crippen LogP contribution >= 0.6 is 11.3 Å². The fourth-order valence-corrected chi connectivity index (χ4v) is 5.34. The summed E-state index contributed by atoms with van der Waals surface area (Å²) in [6.45, 7) is 2.17. The first-order chi connectivity index (χ1) is 19.4. The molecule has 2 amide bonds. The summed E-state index contributed by atoms with van der Waals surface area (Å²) in [4.78, 5) is 52.1. The number of anilines is 1. The van der Waals surface area contributed by atoms with Crippen molar-refractivity contribution in [1.82, 2.24) is 14.5 Å². The molecule has 0 fully saturated rings. The van der Waals surface area contributed by atoms with Crippen LogP contribution in [0.25, 0.3) is 15.9 Å². The molecule has 8 nitrogen and oxygen atoms in total. The normalized spacial score (nSPS) is 10.9. The number of aryl methyl sites for hydroxylation is 1. The molecule has 2 aromatic heterocycles. The minimum Gasteiger partial charge on any atom is -0.355 e. The summed E-state index contributed by atoms with van der Waals surface area (Å²) >= 11 is 1.22. The first-order valence-corrected chi connectivity index (χ1v) is 13.8. The molecule has 0 spiro atoms. The maximum Gasteiger partial charge on any atom is 0.336 e. The maximum absolute atomic E-state index is 13.5. The quantitative estimate of drug-likeness (QED) is 0.288. The lowest BCUT2D eigenvalue weighted by Gasteiger charge is -2.13. The van der Waals surface area contributed by atoms with Crippen LogP contribution in [0.5, 0.6) is 0 Å². The van der Waals surface area contributed by atoms with E-state index in [-0.39, 0.29) is 24.8 Å². The van der Waals surface area contributed by atoms with Gasteiger partial charge in [-0.3, -0.25) is 19.0 Å². The molecule has 0 bridgehead atoms. The molecule has 3 aromatic carbocycles. The molecule has 0 aliphatic carbocycles. The molecule has 0 saturated carbocycles. The second-order valence-electron chi connectivity index (χ2n) is 9.44. The smallest absolute Gasteiger partial charge is 0.336 e. The summed E-state index contributed by atoms with van der Waals surface area (Å²) in [6, 6.07) is 25.7. The van der Waals surface area contributed by atoms with Gasteiger partial charge in [0, 0.05) is 12.2 Å². The Morgan fingerprint density at radius 3 is 2.30 bits per heavy atom. The van der Waals surface area contributed by atoms with Crippen LogP contribution in [0.15, 0.2) is 99.9 Å². The number of thiophene rings is 1. The van der Waals surface area contributed by atoms with E-state index < -0.39 is 11.2 Å². The number of rotatable bonds is 9. The Hall–Kier alpha value is -4.76. The van der Waals surface area contributed by atoms with Gasteiger partial charge < -0.3 is 10.6 Å². The highest BCUT2D eigenvalue weighted by atomic mass is 32.1. The molecule has 0 aliphatic rings. The number of carbonyl (C=O) groups excluding carboxylic acids is 2. The van der Waals surface area contributed by atoms with Crippen LogP contribution < -0.4 is 21.9 Å². The summed E-state index contributed by atoms with van der Waals surface area (Å²) in [6.07, 6.45) is 0.923. The van der Waals surface area contributed by atoms with E-state index in [2.05, 4.69) is 10.6 Å². The molecule has 0 atom stereocenters. The van der Waals surface area contributed by atoms with Gasteiger partial charge in [-0.25, -0.2) is 9.36 Å². The Balaban J connectivity index is 1.33. The minimum absolute atomic E-state index is 0.108. The standard InChI is InChI=1S/C31H28N4O4S/c1-21-7-5-6-10-25(21)33-28(37)20-34-26-16-18-40-29(26)30(38)35(31(34)39)24-13-11-23(12-14-24)19-27(36)32-17-15-22-8-3-2-4-9-22/h2-14,16,18H,15,17,19-20H2,1H3,(H,32,36)(H,33,37). The van der Waals surface area contributed by atoms with Crippen LogP contribution in [-0.2, 0) is 29.0 Å². The Morgan fingerprint density at radius 1 is 0.825 bits per heavy atom. The molecular weight excluding hydrogens is 524 g/mol. The Bertz CT molecular complexity index is 1790. The summed E-state index contributed by atoms with van der Waals surface area (Å²) in [5, 5.41) is 7.50. The van der Waals surface area contributed by atoms with Gasteiger partial charge in [0.15, 0.2) is 0 Å². The number of carbonyl (C=O) groups is 2. The van der Waals surface area contributed by atoms with Crippen LogP contribution in [0.2, 0.25) is 0 Å². The SMILES string of the molecule is Cc1ccccc1NC(=O)Cn1c(=O)n(-c2ccc(CC(=O)NCCc3ccccc3)cc2)c(=O)c2sccc21. The zero-order chi connectivity index (χ0) is 28.1. The molecule has 0 unspecified atom stereocenters. The first-order valence-electron chi connectivity index (χ1n) is 12.9. The fourth-order valence-electron chi connectivity index (χ4n) is 4.52. The topological polar surface area (TPSA) is 102 Å². The molecule has 0 radical (unpaired) electrons. The van der Waals surface area contributed by atoms with Crippen molar-refractivity contribution in [3.63, 3.8) is 0 Å². The summed E-state index contributed by atoms with van der Waals surface area (Å²) in [5.74, 6) is -0.481. The van der Waals surface area contributed by atoms with Crippen molar-refractivity contribution >= 4 is 39.1 Å². The van der Waals surface area contributed by atoms with E-state index in [1.807, 2.05) is 55.5 Å². The average molecular weight is 553 g/mol. The van der Waals surface area contributed by atoms with E-state index in [9.17, 15) is 19.2 Å². The number of nitrogens with one attached hydrogen (secondary N) is 2. The van der Waals surface area contributed by atoms with Crippen molar-refractivity contribution in [3.8, 4) is 5.69 Å². The van der Waals surface area contributed by atoms with Gasteiger partial charge in [-0.1, -0.05) is 60.7 Å². The maximum atomic E-state index is 13.5. The molecule has 5 rings (SSSR count). The van der Waals surface area contributed by atoms with E-state index in [0.717, 1.165) is 27.7 Å². The van der Waals surface area contributed by atoms with E-state index in [1.165, 1.54) is 15.9 Å². The molecular formula is C31H28N4O4S. The van der Waals surface area contributed by atoms with Crippen LogP contribution in [0.1, 0.15) is 16.7 Å². The highest BCUT2D eigenvalue weighted by Crippen LogP contribution is 2.18. The highest BCUT2D eigenvalue weighted by molar-refractivity contribution is 7.17. The lowest BCUT2D eigenvalue weighted by molar-refractivity contribution is -0.120. The molecule has 2 heterocycles. The van der Waals surface area contributed by atoms with Gasteiger partial charge in [0.05, 0.1) is 17.6 Å². The van der Waals surface area contributed by atoms with Gasteiger partial charge in [-0.2, -0.15) is 0 Å². The number of fused-ring (bicyclic) bond motifs is 1. The molecule has 5 aromatic rings. The third-order valence-corrected chi connectivity index (χ3v) is 7.51. The lowest BCUT2D eigenvalue weighted by atomic mass is 10.1. The monoisotopic (exact) mass is 552 g/mol. The van der Waals surface area contributed by atoms with Gasteiger partial charge in [0.25, 0.3) is 5.56 Å². The zero-order valence-corrected chi connectivity index (χ0v) is 22.7. The predicted octanol–water partition coefficient (Wildman–Crippen LogP) is 4.06. The van der Waals surface area contributed by atoms with E-state index in [0.29, 0.717) is 28.1 Å². The third-order valence-electron chi connectivity index (χ3n) is 6.61. The van der Waals surface area contributed by atoms with Crippen LogP contribution in [0.4, 0.5) is 5.69 Å². The van der Waals surface area contributed by atoms with Crippen molar-refractivity contribution in [3.05, 3.63) is 128 Å². The average Bonchev–Trinajstić information content (AvgIpc) is 3.44. The van der Waals surface area contributed by atoms with Crippen molar-refractivity contribution in [1.29, 1.82) is 0 Å². The number of aromatic nitrogens is 2. The molecule has 40 heavy (non-hydrogen) atoms. The van der Waals surface area contributed by atoms with Crippen molar-refractivity contribution in [2.24, 2.45) is 0 Å². The Labute approximate surface area is 234 Å². The molecule has 202 valence electrons. The predicted molar refractivity (Wildman–Crippen MR) is 158 cm³/mol. The number of hydrogen-bond donors (Lipinski definition) is 2. The number of benzene rings is 3. The molecule has 9 heteroatoms. The molecule has 2 N–H and O–H groups in total. The highest BCUT2D eigenvalue weighted by Gasteiger charge is 2.18. The zero-order valence-electron chi connectivity index (χ0n) is 21.9. The first kappa shape index (κ1) is 26.8. The van der Waals surface area contributed by atoms with Gasteiger partial charge in [-0.15, -0.1) is 11.3 Å². The van der Waals surface area contributed by atoms with Crippen molar-refractivity contribution in [2.75, 3.05) is 11.9 Å². The van der Waals surface area contributed by atoms with Gasteiger partial charge >= 0.3 is 5.69 Å². The second kappa shape index (κ2) is 12.0. The van der Waals surface area contributed by atoms with E-state index in [1.54, 1.807) is 41.8 Å². The minimum atomic E-state index is -0.609. The summed E-state index contributed by atoms with van der Waals surface area (Å²) < 4.78 is 2.77. The number of para-hydroxylation sites is 1. The van der Waals surface area contributed by atoms with Crippen molar-refractivity contribution in [2.45, 2.75) is 26.3 Å². The van der Waals surface area contributed by atoms with E-state index >= 15 is 0 Å². The molecule has 0 aliphatic heterocycles. The van der Waals surface area contributed by atoms with Crippen LogP contribution in [-0.4, -0.2) is 27.5 Å². The summed E-state index contributed by atoms with van der Waals surface area (Å²) in [5.41, 5.74) is 3.20. The van der Waals surface area contributed by atoms with E-state index in [4.69, 9.17) is 0 Å². The third kappa shape index (κ3) is 5.94. The van der Waals surface area contributed by atoms with Gasteiger partial charge in [-0.05, 0) is 59.7 Å². The fraction of sp³-hybridized carbons (Fsp3) is 0.161. The van der Waals surface area contributed by atoms with Crippen LogP contribution in [0.3, 0.4) is 0 Å². The van der Waals surface area contributed by atoms with Gasteiger partial charge in [0.1, 0.15) is 11.2 Å². The number of nitrogens with zero attached hydrogens (tertiary/aromatic N) is 2. The number of amides is 2. The number of hydrogen-bond acceptors (Lipinski definition) is 5. The lowest BCUT2D eigenvalue weighted by Crippen LogP contribution is -2.40. The van der Waals surface area contributed by atoms with Crippen molar-refractivity contribution < 1.29 is 9.59 Å². The summed E-state index contributed by atoms with van der Waals surface area (Å²) in [7, 11) is 0. The second-order valence-corrected chi connectivity index (χ2v) is 10.4. The molecule has 0 saturated heterocycles. The Kier molecular flexibility index (Phi) is 8.02. The van der Waals surface area contributed by atoms with Crippen LogP contribution in [0, 0.1) is 6.92 Å². The Morgan fingerprint density at radius 2 is 1.55 bits per heavy atom. The van der Waals surface area contributed by atoms with Gasteiger partial charge in [0.2, 0.25) is 11.8 Å².